The molecule has 0 unspecified atom stereocenters. The number of benzene rings is 1. The van der Waals surface area contributed by atoms with E-state index in [-0.39, 0.29) is 12.6 Å². The second-order valence-corrected chi connectivity index (χ2v) is 3.96. The predicted octanol–water partition coefficient (Wildman–Crippen LogP) is 1.95. The minimum atomic E-state index is 0.135. The molecule has 3 heteroatoms. The van der Waals surface area contributed by atoms with Gasteiger partial charge in [-0.15, -0.1) is 0 Å². The van der Waals surface area contributed by atoms with Crippen LogP contribution < -0.4 is 10.1 Å². The molecule has 0 spiro atoms. The van der Waals surface area contributed by atoms with E-state index in [1.807, 2.05) is 31.2 Å². The first-order valence-corrected chi connectivity index (χ1v) is 5.82. The van der Waals surface area contributed by atoms with Crippen molar-refractivity contribution in [2.45, 2.75) is 32.9 Å². The van der Waals surface area contributed by atoms with Gasteiger partial charge in [0.05, 0.1) is 13.2 Å². The smallest absolute Gasteiger partial charge is 0.119 e. The summed E-state index contributed by atoms with van der Waals surface area (Å²) in [6, 6.07) is 8.19. The predicted molar refractivity (Wildman–Crippen MR) is 65.6 cm³/mol. The molecule has 0 aliphatic rings. The molecule has 0 heterocycles. The van der Waals surface area contributed by atoms with Crippen molar-refractivity contribution in [3.63, 3.8) is 0 Å². The molecule has 0 aliphatic carbocycles. The third-order valence-electron chi connectivity index (χ3n) is 2.32. The summed E-state index contributed by atoms with van der Waals surface area (Å²) in [5.74, 6) is 0.917. The summed E-state index contributed by atoms with van der Waals surface area (Å²) in [5, 5.41) is 12.1. The molecule has 1 rings (SSSR count). The van der Waals surface area contributed by atoms with Gasteiger partial charge in [0.1, 0.15) is 5.75 Å². The third kappa shape index (κ3) is 4.64. The van der Waals surface area contributed by atoms with Crippen LogP contribution in [-0.4, -0.2) is 24.4 Å². The summed E-state index contributed by atoms with van der Waals surface area (Å²) in [6.45, 7) is 5.75. The third-order valence-corrected chi connectivity index (χ3v) is 2.32. The zero-order valence-electron chi connectivity index (χ0n) is 10.1. The van der Waals surface area contributed by atoms with Crippen molar-refractivity contribution in [1.82, 2.24) is 5.32 Å². The molecule has 0 aromatic heterocycles. The molecule has 0 radical (unpaired) electrons. The molecule has 0 bridgehead atoms. The maximum Gasteiger partial charge on any atom is 0.119 e. The van der Waals surface area contributed by atoms with E-state index in [0.717, 1.165) is 25.3 Å². The number of aliphatic hydroxyl groups is 1. The van der Waals surface area contributed by atoms with Crippen LogP contribution in [-0.2, 0) is 6.54 Å². The molecular formula is C13H21NO2. The van der Waals surface area contributed by atoms with Gasteiger partial charge in [-0.1, -0.05) is 19.1 Å². The van der Waals surface area contributed by atoms with Gasteiger partial charge in [-0.25, -0.2) is 0 Å². The SMILES string of the molecule is CCCOc1ccc(CN[C@@H](C)CO)cc1. The standard InChI is InChI=1S/C13H21NO2/c1-3-8-16-13-6-4-12(5-7-13)9-14-11(2)10-15/h4-7,11,14-15H,3,8-10H2,1-2H3/t11-/m0/s1. The molecule has 1 aromatic rings. The lowest BCUT2D eigenvalue weighted by atomic mass is 10.2. The average molecular weight is 223 g/mol. The first-order valence-electron chi connectivity index (χ1n) is 5.82. The molecule has 1 atom stereocenters. The lowest BCUT2D eigenvalue weighted by molar-refractivity contribution is 0.251. The molecule has 0 saturated heterocycles. The van der Waals surface area contributed by atoms with Crippen LogP contribution in [0.4, 0.5) is 0 Å². The number of hydrogen-bond donors (Lipinski definition) is 2. The van der Waals surface area contributed by atoms with Crippen molar-refractivity contribution in [2.24, 2.45) is 0 Å². The molecule has 0 aliphatic heterocycles. The van der Waals surface area contributed by atoms with Crippen molar-refractivity contribution in [3.05, 3.63) is 29.8 Å². The highest BCUT2D eigenvalue weighted by Gasteiger charge is 1.99. The first-order chi connectivity index (χ1) is 7.76. The highest BCUT2D eigenvalue weighted by atomic mass is 16.5. The lowest BCUT2D eigenvalue weighted by Crippen LogP contribution is -2.28. The monoisotopic (exact) mass is 223 g/mol. The van der Waals surface area contributed by atoms with Gasteiger partial charge < -0.3 is 15.2 Å². The van der Waals surface area contributed by atoms with Gasteiger partial charge in [-0.3, -0.25) is 0 Å². The Morgan fingerprint density at radius 3 is 2.56 bits per heavy atom. The van der Waals surface area contributed by atoms with Crippen LogP contribution in [0.2, 0.25) is 0 Å². The summed E-state index contributed by atoms with van der Waals surface area (Å²) in [7, 11) is 0. The molecule has 1 aromatic carbocycles. The van der Waals surface area contributed by atoms with Gasteiger partial charge in [0.2, 0.25) is 0 Å². The van der Waals surface area contributed by atoms with Gasteiger partial charge >= 0.3 is 0 Å². The minimum absolute atomic E-state index is 0.135. The number of rotatable bonds is 7. The van der Waals surface area contributed by atoms with E-state index in [1.165, 1.54) is 5.56 Å². The Morgan fingerprint density at radius 2 is 2.00 bits per heavy atom. The van der Waals surface area contributed by atoms with E-state index in [2.05, 4.69) is 12.2 Å². The number of aliphatic hydroxyl groups excluding tert-OH is 1. The van der Waals surface area contributed by atoms with Crippen LogP contribution >= 0.6 is 0 Å². The Labute approximate surface area is 97.4 Å². The van der Waals surface area contributed by atoms with Gasteiger partial charge in [0, 0.05) is 12.6 Å². The van der Waals surface area contributed by atoms with Gasteiger partial charge in [0.15, 0.2) is 0 Å². The second kappa shape index (κ2) is 7.25. The second-order valence-electron chi connectivity index (χ2n) is 3.96. The van der Waals surface area contributed by atoms with Crippen LogP contribution in [0.15, 0.2) is 24.3 Å². The molecule has 2 N–H and O–H groups in total. The van der Waals surface area contributed by atoms with Crippen LogP contribution in [0.25, 0.3) is 0 Å². The molecular weight excluding hydrogens is 202 g/mol. The minimum Gasteiger partial charge on any atom is -0.494 e. The summed E-state index contributed by atoms with van der Waals surface area (Å²) < 4.78 is 5.50. The fraction of sp³-hybridized carbons (Fsp3) is 0.538. The maximum absolute atomic E-state index is 8.87. The normalized spacial score (nSPS) is 12.4. The fourth-order valence-corrected chi connectivity index (χ4v) is 1.28. The van der Waals surface area contributed by atoms with E-state index < -0.39 is 0 Å². The highest BCUT2D eigenvalue weighted by molar-refractivity contribution is 5.27. The van der Waals surface area contributed by atoms with Crippen LogP contribution in [0, 0.1) is 0 Å². The summed E-state index contributed by atoms with van der Waals surface area (Å²) in [5.41, 5.74) is 1.20. The highest BCUT2D eigenvalue weighted by Crippen LogP contribution is 2.12. The topological polar surface area (TPSA) is 41.5 Å². The van der Waals surface area contributed by atoms with Crippen molar-refractivity contribution in [2.75, 3.05) is 13.2 Å². The fourth-order valence-electron chi connectivity index (χ4n) is 1.28. The first kappa shape index (κ1) is 13.0. The van der Waals surface area contributed by atoms with Crippen LogP contribution in [0.3, 0.4) is 0 Å². The molecule has 0 fully saturated rings. The van der Waals surface area contributed by atoms with E-state index >= 15 is 0 Å². The lowest BCUT2D eigenvalue weighted by Gasteiger charge is -2.11. The van der Waals surface area contributed by atoms with Gasteiger partial charge in [-0.05, 0) is 31.0 Å². The Kier molecular flexibility index (Phi) is 5.90. The molecule has 0 saturated carbocycles. The van der Waals surface area contributed by atoms with Gasteiger partial charge in [-0.2, -0.15) is 0 Å². The van der Waals surface area contributed by atoms with Crippen molar-refractivity contribution in [1.29, 1.82) is 0 Å². The molecule has 90 valence electrons. The Balaban J connectivity index is 2.38. The maximum atomic E-state index is 8.87. The Hall–Kier alpha value is -1.06. The van der Waals surface area contributed by atoms with E-state index in [4.69, 9.17) is 9.84 Å². The zero-order chi connectivity index (χ0) is 11.8. The Bertz CT molecular complexity index is 284. The molecule has 3 nitrogen and oxygen atoms in total. The quantitative estimate of drug-likeness (QED) is 0.742. The van der Waals surface area contributed by atoms with E-state index in [9.17, 15) is 0 Å². The number of ether oxygens (including phenoxy) is 1. The molecule has 0 amide bonds. The van der Waals surface area contributed by atoms with E-state index in [0.29, 0.717) is 0 Å². The van der Waals surface area contributed by atoms with E-state index in [1.54, 1.807) is 0 Å². The van der Waals surface area contributed by atoms with Crippen LogP contribution in [0.5, 0.6) is 5.75 Å². The average Bonchev–Trinajstić information content (AvgIpc) is 2.34. The summed E-state index contributed by atoms with van der Waals surface area (Å²) >= 11 is 0. The number of nitrogens with one attached hydrogen (secondary N) is 1. The van der Waals surface area contributed by atoms with Crippen molar-refractivity contribution in [3.8, 4) is 5.75 Å². The summed E-state index contributed by atoms with van der Waals surface area (Å²) in [4.78, 5) is 0. The largest absolute Gasteiger partial charge is 0.494 e. The van der Waals surface area contributed by atoms with Crippen molar-refractivity contribution >= 4 is 0 Å². The summed E-state index contributed by atoms with van der Waals surface area (Å²) in [6.07, 6.45) is 1.03. The zero-order valence-corrected chi connectivity index (χ0v) is 10.1. The van der Waals surface area contributed by atoms with Crippen LogP contribution in [0.1, 0.15) is 25.8 Å². The Morgan fingerprint density at radius 1 is 1.31 bits per heavy atom. The van der Waals surface area contributed by atoms with Crippen molar-refractivity contribution < 1.29 is 9.84 Å². The van der Waals surface area contributed by atoms with Gasteiger partial charge in [0.25, 0.3) is 0 Å². The molecule has 16 heavy (non-hydrogen) atoms. The number of hydrogen-bond acceptors (Lipinski definition) is 3.